The molecule has 0 saturated heterocycles. The summed E-state index contributed by atoms with van der Waals surface area (Å²) in [6, 6.07) is 2.36. The number of nitrogens with one attached hydrogen (secondary N) is 1. The average Bonchev–Trinajstić information content (AvgIpc) is 2.85. The number of hydrogen-bond acceptors (Lipinski definition) is 4. The minimum Gasteiger partial charge on any atom is -0.466 e. The van der Waals surface area contributed by atoms with Crippen molar-refractivity contribution in [2.24, 2.45) is 4.99 Å². The molecule has 2 unspecified atom stereocenters. The summed E-state index contributed by atoms with van der Waals surface area (Å²) in [4.78, 5) is 4.53. The van der Waals surface area contributed by atoms with E-state index in [9.17, 15) is 0 Å². The molecule has 94 valence electrons. The van der Waals surface area contributed by atoms with E-state index in [0.29, 0.717) is 5.25 Å². The number of aliphatic imine (C=N–C) groups is 1. The highest BCUT2D eigenvalue weighted by atomic mass is 32.2. The fourth-order valence-electron chi connectivity index (χ4n) is 2.05. The van der Waals surface area contributed by atoms with Crippen LogP contribution in [0.1, 0.15) is 43.4 Å². The fourth-order valence-corrected chi connectivity index (χ4v) is 3.08. The first kappa shape index (κ1) is 12.6. The van der Waals surface area contributed by atoms with Crippen LogP contribution in [0.15, 0.2) is 15.5 Å². The van der Waals surface area contributed by atoms with Crippen LogP contribution in [0.3, 0.4) is 0 Å². The average molecular weight is 252 g/mol. The summed E-state index contributed by atoms with van der Waals surface area (Å²) in [5.41, 5.74) is 1.23. The Hall–Kier alpha value is -0.900. The molecule has 2 rings (SSSR count). The van der Waals surface area contributed by atoms with Crippen LogP contribution in [0.5, 0.6) is 0 Å². The van der Waals surface area contributed by atoms with Crippen molar-refractivity contribution in [1.29, 1.82) is 0 Å². The summed E-state index contributed by atoms with van der Waals surface area (Å²) in [7, 11) is 0. The monoisotopic (exact) mass is 252 g/mol. The number of thioether (sulfide) groups is 1. The van der Waals surface area contributed by atoms with E-state index in [0.717, 1.165) is 23.2 Å². The largest absolute Gasteiger partial charge is 0.466 e. The molecule has 2 atom stereocenters. The van der Waals surface area contributed by atoms with Crippen LogP contribution < -0.4 is 5.32 Å². The zero-order valence-corrected chi connectivity index (χ0v) is 11.7. The molecule has 0 amide bonds. The van der Waals surface area contributed by atoms with E-state index in [2.05, 4.69) is 30.2 Å². The first-order chi connectivity index (χ1) is 8.10. The summed E-state index contributed by atoms with van der Waals surface area (Å²) in [5.74, 6) is 1.97. The van der Waals surface area contributed by atoms with Gasteiger partial charge in [-0.1, -0.05) is 18.7 Å². The minimum atomic E-state index is 0.259. The summed E-state index contributed by atoms with van der Waals surface area (Å²) < 4.78 is 5.56. The van der Waals surface area contributed by atoms with Crippen molar-refractivity contribution in [2.75, 3.05) is 6.54 Å². The molecule has 0 aliphatic carbocycles. The van der Waals surface area contributed by atoms with E-state index in [4.69, 9.17) is 4.42 Å². The summed E-state index contributed by atoms with van der Waals surface area (Å²) in [5, 5.41) is 5.19. The van der Waals surface area contributed by atoms with Gasteiger partial charge < -0.3 is 9.73 Å². The van der Waals surface area contributed by atoms with Gasteiger partial charge in [0.05, 0.1) is 12.6 Å². The summed E-state index contributed by atoms with van der Waals surface area (Å²) in [6.07, 6.45) is 1.18. The van der Waals surface area contributed by atoms with Crippen LogP contribution in [0.4, 0.5) is 0 Å². The van der Waals surface area contributed by atoms with E-state index in [1.54, 1.807) is 0 Å². The van der Waals surface area contributed by atoms with E-state index in [-0.39, 0.29) is 6.04 Å². The Kier molecular flexibility index (Phi) is 3.82. The van der Waals surface area contributed by atoms with E-state index in [1.807, 2.05) is 25.6 Å². The lowest BCUT2D eigenvalue weighted by Crippen LogP contribution is -2.23. The van der Waals surface area contributed by atoms with Gasteiger partial charge in [-0.15, -0.1) is 0 Å². The molecule has 1 aliphatic heterocycles. The van der Waals surface area contributed by atoms with Crippen LogP contribution in [0, 0.1) is 13.8 Å². The van der Waals surface area contributed by atoms with E-state index in [1.165, 1.54) is 12.0 Å². The van der Waals surface area contributed by atoms with Gasteiger partial charge in [0.1, 0.15) is 11.5 Å². The molecule has 1 aromatic heterocycles. The second-order valence-electron chi connectivity index (χ2n) is 4.53. The molecule has 2 heterocycles. The van der Waals surface area contributed by atoms with Gasteiger partial charge in [-0.05, 0) is 33.3 Å². The summed E-state index contributed by atoms with van der Waals surface area (Å²) in [6.45, 7) is 9.31. The third-order valence-electron chi connectivity index (χ3n) is 3.06. The zero-order valence-electron chi connectivity index (χ0n) is 10.9. The Morgan fingerprint density at radius 1 is 1.59 bits per heavy atom. The van der Waals surface area contributed by atoms with Crippen molar-refractivity contribution in [1.82, 2.24) is 5.32 Å². The van der Waals surface area contributed by atoms with Gasteiger partial charge >= 0.3 is 0 Å². The molecule has 4 heteroatoms. The normalized spacial score (nSPS) is 21.4. The lowest BCUT2D eigenvalue weighted by molar-refractivity contribution is 0.497. The van der Waals surface area contributed by atoms with Gasteiger partial charge in [0.15, 0.2) is 5.17 Å². The molecule has 0 spiro atoms. The first-order valence-electron chi connectivity index (χ1n) is 6.14. The molecule has 17 heavy (non-hydrogen) atoms. The predicted octanol–water partition coefficient (Wildman–Crippen LogP) is 3.43. The van der Waals surface area contributed by atoms with Gasteiger partial charge in [-0.25, -0.2) is 0 Å². The van der Waals surface area contributed by atoms with Gasteiger partial charge in [0.2, 0.25) is 0 Å². The molecule has 0 saturated carbocycles. The topological polar surface area (TPSA) is 37.5 Å². The number of nitrogens with zero attached hydrogens (tertiary/aromatic N) is 1. The second-order valence-corrected chi connectivity index (χ2v) is 5.82. The molecule has 1 N–H and O–H groups in total. The van der Waals surface area contributed by atoms with Crippen LogP contribution in [0.2, 0.25) is 0 Å². The van der Waals surface area contributed by atoms with Crippen molar-refractivity contribution >= 4 is 16.9 Å². The van der Waals surface area contributed by atoms with E-state index >= 15 is 0 Å². The number of aryl methyl sites for hydroxylation is 2. The third-order valence-corrected chi connectivity index (χ3v) is 4.34. The molecular weight excluding hydrogens is 232 g/mol. The van der Waals surface area contributed by atoms with Crippen molar-refractivity contribution in [3.8, 4) is 0 Å². The minimum absolute atomic E-state index is 0.259. The Labute approximate surface area is 107 Å². The number of hydrogen-bond donors (Lipinski definition) is 1. The highest BCUT2D eigenvalue weighted by Gasteiger charge is 2.20. The molecule has 0 aromatic carbocycles. The number of furan rings is 1. The van der Waals surface area contributed by atoms with Crippen LogP contribution >= 0.6 is 11.8 Å². The second kappa shape index (κ2) is 5.17. The first-order valence-corrected chi connectivity index (χ1v) is 7.02. The highest BCUT2D eigenvalue weighted by Crippen LogP contribution is 2.26. The Balaban J connectivity index is 1.98. The van der Waals surface area contributed by atoms with Crippen molar-refractivity contribution in [2.45, 2.75) is 45.4 Å². The van der Waals surface area contributed by atoms with Crippen LogP contribution in [0.25, 0.3) is 0 Å². The summed E-state index contributed by atoms with van der Waals surface area (Å²) >= 11 is 1.85. The molecule has 0 radical (unpaired) electrons. The molecule has 1 aromatic rings. The maximum absolute atomic E-state index is 5.56. The molecule has 0 fully saturated rings. The third kappa shape index (κ3) is 2.86. The van der Waals surface area contributed by atoms with E-state index < -0.39 is 0 Å². The lowest BCUT2D eigenvalue weighted by Gasteiger charge is -2.14. The Morgan fingerprint density at radius 3 is 2.88 bits per heavy atom. The molecule has 1 aliphatic rings. The maximum Gasteiger partial charge on any atom is 0.157 e. The molecule has 3 nitrogen and oxygen atoms in total. The Morgan fingerprint density at radius 2 is 2.35 bits per heavy atom. The zero-order chi connectivity index (χ0) is 12.4. The standard InChI is InChI=1S/C13H20N2OS/c1-5-11-7-14-13(17-11)15-9(3)12-6-8(2)16-10(12)4/h6,9,11H,5,7H2,1-4H3,(H,14,15). The fraction of sp³-hybridized carbons (Fsp3) is 0.615. The van der Waals surface area contributed by atoms with Gasteiger partial charge in [-0.3, -0.25) is 4.99 Å². The van der Waals surface area contributed by atoms with Gasteiger partial charge in [0, 0.05) is 10.8 Å². The molecule has 0 bridgehead atoms. The van der Waals surface area contributed by atoms with Crippen LogP contribution in [-0.2, 0) is 0 Å². The highest BCUT2D eigenvalue weighted by molar-refractivity contribution is 8.14. The van der Waals surface area contributed by atoms with Gasteiger partial charge in [-0.2, -0.15) is 0 Å². The Bertz CT molecular complexity index is 425. The van der Waals surface area contributed by atoms with Crippen LogP contribution in [-0.4, -0.2) is 17.0 Å². The van der Waals surface area contributed by atoms with Crippen molar-refractivity contribution in [3.05, 3.63) is 23.2 Å². The lowest BCUT2D eigenvalue weighted by atomic mass is 10.1. The van der Waals surface area contributed by atoms with Crippen molar-refractivity contribution in [3.63, 3.8) is 0 Å². The van der Waals surface area contributed by atoms with Gasteiger partial charge in [0.25, 0.3) is 0 Å². The molecular formula is C13H20N2OS. The number of rotatable bonds is 3. The smallest absolute Gasteiger partial charge is 0.157 e. The van der Waals surface area contributed by atoms with Crippen molar-refractivity contribution < 1.29 is 4.42 Å². The SMILES string of the molecule is CCC1CN=C(NC(C)c2cc(C)oc2C)S1. The quantitative estimate of drug-likeness (QED) is 0.895. The predicted molar refractivity (Wildman–Crippen MR) is 73.7 cm³/mol. The maximum atomic E-state index is 5.56. The number of amidine groups is 1.